The van der Waals surface area contributed by atoms with Crippen LogP contribution in [0, 0.1) is 5.92 Å². The predicted octanol–water partition coefficient (Wildman–Crippen LogP) is 1.61. The van der Waals surface area contributed by atoms with E-state index in [4.69, 9.17) is 9.47 Å². The van der Waals surface area contributed by atoms with Crippen LogP contribution >= 0.6 is 0 Å². The second-order valence-electron chi connectivity index (χ2n) is 5.47. The van der Waals surface area contributed by atoms with Crippen LogP contribution in [0.2, 0.25) is 0 Å². The number of ether oxygens (including phenoxy) is 2. The summed E-state index contributed by atoms with van der Waals surface area (Å²) in [6, 6.07) is 9.78. The lowest BCUT2D eigenvalue weighted by molar-refractivity contribution is -0.123. The van der Waals surface area contributed by atoms with Crippen LogP contribution in [0.4, 0.5) is 4.79 Å². The average molecular weight is 275 g/mol. The van der Waals surface area contributed by atoms with Crippen LogP contribution in [0.25, 0.3) is 0 Å². The van der Waals surface area contributed by atoms with Gasteiger partial charge in [0, 0.05) is 12.5 Å². The Labute approximate surface area is 117 Å². The number of benzene rings is 1. The van der Waals surface area contributed by atoms with Gasteiger partial charge in [-0.1, -0.05) is 37.3 Å². The molecule has 1 amide bonds. The van der Waals surface area contributed by atoms with Crippen molar-refractivity contribution in [1.29, 1.82) is 0 Å². The van der Waals surface area contributed by atoms with E-state index in [0.29, 0.717) is 13.2 Å². The van der Waals surface area contributed by atoms with Crippen molar-refractivity contribution in [2.75, 3.05) is 13.2 Å². The van der Waals surface area contributed by atoms with Crippen molar-refractivity contribution in [3.8, 4) is 0 Å². The lowest BCUT2D eigenvalue weighted by Gasteiger charge is -2.29. The van der Waals surface area contributed by atoms with Crippen LogP contribution < -0.4 is 0 Å². The van der Waals surface area contributed by atoms with Crippen LogP contribution in [0.3, 0.4) is 0 Å². The van der Waals surface area contributed by atoms with Gasteiger partial charge in [0.15, 0.2) is 11.8 Å². The highest BCUT2D eigenvalue weighted by Crippen LogP contribution is 2.39. The maximum absolute atomic E-state index is 11.7. The highest BCUT2D eigenvalue weighted by molar-refractivity contribution is 5.82. The van der Waals surface area contributed by atoms with Gasteiger partial charge in [-0.15, -0.1) is 0 Å². The van der Waals surface area contributed by atoms with Gasteiger partial charge in [-0.3, -0.25) is 4.90 Å². The quantitative estimate of drug-likeness (QED) is 0.783. The van der Waals surface area contributed by atoms with E-state index in [0.717, 1.165) is 11.8 Å². The lowest BCUT2D eigenvalue weighted by Crippen LogP contribution is -2.52. The molecule has 1 aromatic rings. The average Bonchev–Trinajstić information content (AvgIpc) is 2.93. The summed E-state index contributed by atoms with van der Waals surface area (Å²) in [6.45, 7) is 3.00. The Bertz CT molecular complexity index is 518. The summed E-state index contributed by atoms with van der Waals surface area (Å²) in [5.41, 5.74) is 0.0927. The zero-order valence-electron chi connectivity index (χ0n) is 11.3. The Balaban J connectivity index is 1.78. The molecule has 2 fully saturated rings. The fraction of sp³-hybridized carbons (Fsp3) is 0.467. The summed E-state index contributed by atoms with van der Waals surface area (Å²) in [5.74, 6) is 0.108. The molecule has 20 heavy (non-hydrogen) atoms. The predicted molar refractivity (Wildman–Crippen MR) is 71.0 cm³/mol. The molecule has 0 aromatic heterocycles. The third-order valence-electron chi connectivity index (χ3n) is 4.11. The van der Waals surface area contributed by atoms with Gasteiger partial charge in [0.05, 0.1) is 12.7 Å². The highest BCUT2D eigenvalue weighted by Gasteiger charge is 2.60. The minimum Gasteiger partial charge on any atom is -0.446 e. The van der Waals surface area contributed by atoms with Crippen molar-refractivity contribution in [2.24, 2.45) is 5.92 Å². The molecule has 0 unspecified atom stereocenters. The molecule has 0 bridgehead atoms. The first-order chi connectivity index (χ1) is 9.67. The fourth-order valence-corrected chi connectivity index (χ4v) is 3.09. The summed E-state index contributed by atoms with van der Waals surface area (Å²) in [5, 5.41) is 0. The van der Waals surface area contributed by atoms with Crippen LogP contribution in [0.1, 0.15) is 12.5 Å². The maximum Gasteiger partial charge on any atom is 0.410 e. The van der Waals surface area contributed by atoms with E-state index < -0.39 is 11.6 Å². The third kappa shape index (κ3) is 1.89. The molecule has 0 saturated carbocycles. The second kappa shape index (κ2) is 4.90. The van der Waals surface area contributed by atoms with Gasteiger partial charge in [-0.25, -0.2) is 4.79 Å². The van der Waals surface area contributed by atoms with Crippen molar-refractivity contribution in [3.05, 3.63) is 35.9 Å². The number of nitrogens with zero attached hydrogens (tertiary/aromatic N) is 1. The summed E-state index contributed by atoms with van der Waals surface area (Å²) < 4.78 is 11.0. The fourth-order valence-electron chi connectivity index (χ4n) is 3.09. The molecule has 2 heterocycles. The number of cyclic esters (lactones) is 1. The molecule has 2 saturated heterocycles. The number of carbonyl (C=O) groups excluding carboxylic acids is 2. The van der Waals surface area contributed by atoms with E-state index in [9.17, 15) is 9.59 Å². The van der Waals surface area contributed by atoms with Crippen molar-refractivity contribution >= 4 is 12.4 Å². The monoisotopic (exact) mass is 275 g/mol. The van der Waals surface area contributed by atoms with Gasteiger partial charge in [0.2, 0.25) is 0 Å². The minimum absolute atomic E-state index is 0.0825. The van der Waals surface area contributed by atoms with Crippen LogP contribution in [-0.2, 0) is 20.9 Å². The van der Waals surface area contributed by atoms with Gasteiger partial charge in [-0.05, 0) is 5.56 Å². The van der Waals surface area contributed by atoms with E-state index in [2.05, 4.69) is 0 Å². The largest absolute Gasteiger partial charge is 0.446 e. The number of hydrogen-bond donors (Lipinski definition) is 0. The number of fused-ring (bicyclic) bond motifs is 1. The van der Waals surface area contributed by atoms with E-state index >= 15 is 0 Å². The molecule has 0 N–H and O–H groups in total. The lowest BCUT2D eigenvalue weighted by atomic mass is 9.92. The van der Waals surface area contributed by atoms with Crippen LogP contribution in [0.15, 0.2) is 30.3 Å². The standard InChI is InChI=1S/C15H17NO4/c1-11-7-16-14(18)20-10-15(16,9-17)13(11)19-8-12-5-3-2-4-6-12/h2-6,9,11,13H,7-8,10H2,1H3/t11-,13-,15-/m1/s1. The maximum atomic E-state index is 11.7. The topological polar surface area (TPSA) is 55.8 Å². The third-order valence-corrected chi connectivity index (χ3v) is 4.11. The molecule has 5 nitrogen and oxygen atoms in total. The minimum atomic E-state index is -0.953. The number of amides is 1. The summed E-state index contributed by atoms with van der Waals surface area (Å²) >= 11 is 0. The molecular weight excluding hydrogens is 258 g/mol. The molecule has 1 aromatic carbocycles. The second-order valence-corrected chi connectivity index (χ2v) is 5.47. The van der Waals surface area contributed by atoms with Gasteiger partial charge in [-0.2, -0.15) is 0 Å². The number of rotatable bonds is 4. The summed E-state index contributed by atoms with van der Waals surface area (Å²) in [6.07, 6.45) is 0.0540. The van der Waals surface area contributed by atoms with Crippen molar-refractivity contribution in [2.45, 2.75) is 25.2 Å². The van der Waals surface area contributed by atoms with Gasteiger partial charge in [0.1, 0.15) is 6.61 Å². The first kappa shape index (κ1) is 13.1. The van der Waals surface area contributed by atoms with E-state index in [1.54, 1.807) is 0 Å². The smallest absolute Gasteiger partial charge is 0.410 e. The van der Waals surface area contributed by atoms with Crippen molar-refractivity contribution in [3.63, 3.8) is 0 Å². The SMILES string of the molecule is C[C@@H]1CN2C(=O)OC[C@]2(C=O)[C@@H]1OCc1ccccc1. The molecule has 3 atom stereocenters. The van der Waals surface area contributed by atoms with Gasteiger partial charge >= 0.3 is 6.09 Å². The Kier molecular flexibility index (Phi) is 3.22. The normalized spacial score (nSPS) is 32.0. The first-order valence-corrected chi connectivity index (χ1v) is 6.73. The zero-order valence-corrected chi connectivity index (χ0v) is 11.3. The molecule has 3 rings (SSSR count). The Morgan fingerprint density at radius 1 is 1.45 bits per heavy atom. The number of carbonyl (C=O) groups is 2. The Morgan fingerprint density at radius 2 is 2.20 bits per heavy atom. The van der Waals surface area contributed by atoms with Crippen LogP contribution in [-0.4, -0.2) is 42.1 Å². The molecule has 0 aliphatic carbocycles. The molecular formula is C15H17NO4. The Hall–Kier alpha value is -1.88. The van der Waals surface area contributed by atoms with Crippen molar-refractivity contribution in [1.82, 2.24) is 4.90 Å². The molecule has 2 aliphatic rings. The number of aldehydes is 1. The molecule has 5 heteroatoms. The summed E-state index contributed by atoms with van der Waals surface area (Å²) in [4.78, 5) is 24.7. The molecule has 0 spiro atoms. The first-order valence-electron chi connectivity index (χ1n) is 6.73. The van der Waals surface area contributed by atoms with E-state index in [1.807, 2.05) is 37.3 Å². The highest BCUT2D eigenvalue weighted by atomic mass is 16.6. The molecule has 106 valence electrons. The zero-order chi connectivity index (χ0) is 14.2. The Morgan fingerprint density at radius 3 is 2.90 bits per heavy atom. The van der Waals surface area contributed by atoms with E-state index in [-0.39, 0.29) is 18.6 Å². The van der Waals surface area contributed by atoms with Crippen molar-refractivity contribution < 1.29 is 19.1 Å². The van der Waals surface area contributed by atoms with Gasteiger partial charge in [0.25, 0.3) is 0 Å². The van der Waals surface area contributed by atoms with E-state index in [1.165, 1.54) is 4.90 Å². The van der Waals surface area contributed by atoms with Gasteiger partial charge < -0.3 is 14.3 Å². The molecule has 0 radical (unpaired) electrons. The molecule has 2 aliphatic heterocycles. The van der Waals surface area contributed by atoms with Crippen LogP contribution in [0.5, 0.6) is 0 Å². The number of hydrogen-bond acceptors (Lipinski definition) is 4. The summed E-state index contributed by atoms with van der Waals surface area (Å²) in [7, 11) is 0.